The van der Waals surface area contributed by atoms with Gasteiger partial charge in [0.2, 0.25) is 5.91 Å². The lowest BCUT2D eigenvalue weighted by Crippen LogP contribution is -2.20. The first-order chi connectivity index (χ1) is 13.0. The predicted molar refractivity (Wildman–Crippen MR) is 104 cm³/mol. The summed E-state index contributed by atoms with van der Waals surface area (Å²) in [5.74, 6) is -0.758. The lowest BCUT2D eigenvalue weighted by molar-refractivity contribution is -0.114. The number of thiazole rings is 1. The van der Waals surface area contributed by atoms with E-state index in [1.165, 1.54) is 24.3 Å². The molecule has 0 aliphatic rings. The monoisotopic (exact) mass is 379 g/mol. The van der Waals surface area contributed by atoms with E-state index in [1.807, 2.05) is 0 Å². The first-order valence-electron chi connectivity index (χ1n) is 8.02. The van der Waals surface area contributed by atoms with Crippen LogP contribution in [0, 0.1) is 0 Å². The molecule has 2 N–H and O–H groups in total. The number of para-hydroxylation sites is 1. The third kappa shape index (κ3) is 3.42. The van der Waals surface area contributed by atoms with Crippen LogP contribution in [-0.4, -0.2) is 16.8 Å². The van der Waals surface area contributed by atoms with Crippen molar-refractivity contribution in [2.24, 2.45) is 0 Å². The first kappa shape index (κ1) is 16.9. The van der Waals surface area contributed by atoms with Crippen LogP contribution in [-0.2, 0) is 4.79 Å². The van der Waals surface area contributed by atoms with Crippen molar-refractivity contribution in [1.82, 2.24) is 4.98 Å². The Kier molecular flexibility index (Phi) is 4.17. The number of fused-ring (bicyclic) bond motifs is 2. The zero-order chi connectivity index (χ0) is 19.0. The molecule has 27 heavy (non-hydrogen) atoms. The summed E-state index contributed by atoms with van der Waals surface area (Å²) >= 11 is 1.29. The SMILES string of the molecule is CC(=O)Nc1nc2ccc(NC(=O)c3cc4ccccc4oc3=O)cc2s1. The minimum atomic E-state index is -0.696. The van der Waals surface area contributed by atoms with E-state index >= 15 is 0 Å². The Morgan fingerprint density at radius 1 is 1.07 bits per heavy atom. The molecule has 2 amide bonds. The molecule has 0 fully saturated rings. The number of carbonyl (C=O) groups excluding carboxylic acids is 2. The fourth-order valence-electron chi connectivity index (χ4n) is 2.63. The third-order valence-corrected chi connectivity index (χ3v) is 4.75. The fraction of sp³-hybridized carbons (Fsp3) is 0.0526. The zero-order valence-electron chi connectivity index (χ0n) is 14.1. The smallest absolute Gasteiger partial charge is 0.349 e. The van der Waals surface area contributed by atoms with Crippen LogP contribution in [0.4, 0.5) is 10.8 Å². The zero-order valence-corrected chi connectivity index (χ0v) is 14.9. The maximum Gasteiger partial charge on any atom is 0.349 e. The Hall–Kier alpha value is -3.52. The van der Waals surface area contributed by atoms with Crippen LogP contribution >= 0.6 is 11.3 Å². The van der Waals surface area contributed by atoms with Crippen molar-refractivity contribution in [2.45, 2.75) is 6.92 Å². The molecule has 0 atom stereocenters. The predicted octanol–water partition coefficient (Wildman–Crippen LogP) is 3.61. The number of benzene rings is 2. The van der Waals surface area contributed by atoms with E-state index in [1.54, 1.807) is 42.5 Å². The number of rotatable bonds is 3. The second-order valence-corrected chi connectivity index (χ2v) is 6.85. The van der Waals surface area contributed by atoms with Crippen molar-refractivity contribution in [2.75, 3.05) is 10.6 Å². The molecule has 7 nitrogen and oxygen atoms in total. The summed E-state index contributed by atoms with van der Waals surface area (Å²) in [6, 6.07) is 13.6. The number of carbonyl (C=O) groups is 2. The summed E-state index contributed by atoms with van der Waals surface area (Å²) in [6.45, 7) is 1.41. The molecule has 134 valence electrons. The molecule has 4 aromatic rings. The van der Waals surface area contributed by atoms with E-state index in [2.05, 4.69) is 15.6 Å². The van der Waals surface area contributed by atoms with Crippen molar-refractivity contribution in [3.8, 4) is 0 Å². The molecule has 2 aromatic heterocycles. The Morgan fingerprint density at radius 2 is 1.89 bits per heavy atom. The van der Waals surface area contributed by atoms with Gasteiger partial charge in [0.1, 0.15) is 11.1 Å². The molecule has 0 saturated carbocycles. The summed E-state index contributed by atoms with van der Waals surface area (Å²) in [5, 5.41) is 6.48. The van der Waals surface area contributed by atoms with Gasteiger partial charge in [-0.25, -0.2) is 9.78 Å². The van der Waals surface area contributed by atoms with Crippen molar-refractivity contribution >= 4 is 55.2 Å². The van der Waals surface area contributed by atoms with Crippen LogP contribution in [0.15, 0.2) is 57.7 Å². The van der Waals surface area contributed by atoms with E-state index in [0.29, 0.717) is 27.3 Å². The number of nitrogens with one attached hydrogen (secondary N) is 2. The van der Waals surface area contributed by atoms with E-state index in [0.717, 1.165) is 4.70 Å². The van der Waals surface area contributed by atoms with E-state index < -0.39 is 11.5 Å². The molecule has 0 unspecified atom stereocenters. The Bertz CT molecular complexity index is 1260. The fourth-order valence-corrected chi connectivity index (χ4v) is 3.58. The van der Waals surface area contributed by atoms with Gasteiger partial charge in [-0.3, -0.25) is 9.59 Å². The summed E-state index contributed by atoms with van der Waals surface area (Å²) in [5.41, 5.74) is 0.871. The minimum Gasteiger partial charge on any atom is -0.422 e. The van der Waals surface area contributed by atoms with Gasteiger partial charge in [0.15, 0.2) is 5.13 Å². The average molecular weight is 379 g/mol. The molecule has 0 bridgehead atoms. The lowest BCUT2D eigenvalue weighted by Gasteiger charge is -2.05. The molecule has 8 heteroatoms. The van der Waals surface area contributed by atoms with Gasteiger partial charge in [0, 0.05) is 18.0 Å². The van der Waals surface area contributed by atoms with Crippen LogP contribution in [0.2, 0.25) is 0 Å². The largest absolute Gasteiger partial charge is 0.422 e. The molecule has 0 saturated heterocycles. The minimum absolute atomic E-state index is 0.0722. The average Bonchev–Trinajstić information content (AvgIpc) is 3.01. The Labute approximate surface area is 156 Å². The maximum absolute atomic E-state index is 12.5. The number of aromatic nitrogens is 1. The second-order valence-electron chi connectivity index (χ2n) is 5.82. The van der Waals surface area contributed by atoms with Crippen LogP contribution in [0.5, 0.6) is 0 Å². The first-order valence-corrected chi connectivity index (χ1v) is 8.84. The van der Waals surface area contributed by atoms with Crippen LogP contribution in [0.3, 0.4) is 0 Å². The third-order valence-electron chi connectivity index (χ3n) is 3.82. The Balaban J connectivity index is 1.63. The van der Waals surface area contributed by atoms with Crippen molar-refractivity contribution in [3.05, 3.63) is 64.5 Å². The van der Waals surface area contributed by atoms with Gasteiger partial charge in [-0.2, -0.15) is 0 Å². The van der Waals surface area contributed by atoms with Gasteiger partial charge >= 0.3 is 5.63 Å². The lowest BCUT2D eigenvalue weighted by atomic mass is 10.1. The highest BCUT2D eigenvalue weighted by Gasteiger charge is 2.14. The van der Waals surface area contributed by atoms with Gasteiger partial charge in [-0.1, -0.05) is 29.5 Å². The molecule has 2 heterocycles. The molecule has 0 aliphatic carbocycles. The number of hydrogen-bond acceptors (Lipinski definition) is 6. The van der Waals surface area contributed by atoms with Crippen molar-refractivity contribution in [1.29, 1.82) is 0 Å². The standard InChI is InChI=1S/C19H13N3O4S/c1-10(23)20-19-22-14-7-6-12(9-16(14)27-19)21-17(24)13-8-11-4-2-3-5-15(11)26-18(13)25/h2-9H,1H3,(H,21,24)(H,20,22,23). The van der Waals surface area contributed by atoms with Crippen molar-refractivity contribution < 1.29 is 14.0 Å². The number of amides is 2. The number of hydrogen-bond donors (Lipinski definition) is 2. The molecule has 0 spiro atoms. The number of anilines is 2. The second kappa shape index (κ2) is 6.65. The van der Waals surface area contributed by atoms with Crippen LogP contribution < -0.4 is 16.3 Å². The summed E-state index contributed by atoms with van der Waals surface area (Å²) in [6.07, 6.45) is 0. The van der Waals surface area contributed by atoms with Crippen LogP contribution in [0.1, 0.15) is 17.3 Å². The van der Waals surface area contributed by atoms with Crippen LogP contribution in [0.25, 0.3) is 21.2 Å². The van der Waals surface area contributed by atoms with Gasteiger partial charge in [-0.05, 0) is 30.3 Å². The van der Waals surface area contributed by atoms with Gasteiger partial charge in [0.05, 0.1) is 10.2 Å². The highest BCUT2D eigenvalue weighted by atomic mass is 32.1. The summed E-state index contributed by atoms with van der Waals surface area (Å²) in [7, 11) is 0. The highest BCUT2D eigenvalue weighted by Crippen LogP contribution is 2.28. The molecular formula is C19H13N3O4S. The normalized spacial score (nSPS) is 10.9. The highest BCUT2D eigenvalue weighted by molar-refractivity contribution is 7.22. The topological polar surface area (TPSA) is 101 Å². The quantitative estimate of drug-likeness (QED) is 0.530. The van der Waals surface area contributed by atoms with E-state index in [4.69, 9.17) is 4.42 Å². The van der Waals surface area contributed by atoms with E-state index in [9.17, 15) is 14.4 Å². The molecule has 0 aliphatic heterocycles. The molecular weight excluding hydrogens is 366 g/mol. The van der Waals surface area contributed by atoms with E-state index in [-0.39, 0.29) is 11.5 Å². The van der Waals surface area contributed by atoms with Gasteiger partial charge < -0.3 is 15.1 Å². The summed E-state index contributed by atoms with van der Waals surface area (Å²) < 4.78 is 5.99. The summed E-state index contributed by atoms with van der Waals surface area (Å²) in [4.78, 5) is 40.1. The molecule has 4 rings (SSSR count). The molecule has 2 aromatic carbocycles. The van der Waals surface area contributed by atoms with Crippen molar-refractivity contribution in [3.63, 3.8) is 0 Å². The molecule has 0 radical (unpaired) electrons. The Morgan fingerprint density at radius 3 is 2.70 bits per heavy atom. The number of nitrogens with zero attached hydrogens (tertiary/aromatic N) is 1. The van der Waals surface area contributed by atoms with Gasteiger partial charge in [-0.15, -0.1) is 0 Å². The van der Waals surface area contributed by atoms with Gasteiger partial charge in [0.25, 0.3) is 5.91 Å². The maximum atomic E-state index is 12.5.